The van der Waals surface area contributed by atoms with Crippen molar-refractivity contribution in [3.63, 3.8) is 0 Å². The number of likely N-dealkylation sites (tertiary alicyclic amines) is 1. The number of hydrogen-bond donors (Lipinski definition) is 0. The topological polar surface area (TPSA) is 72.4 Å². The van der Waals surface area contributed by atoms with Gasteiger partial charge in [0.15, 0.2) is 0 Å². The predicted octanol–water partition coefficient (Wildman–Crippen LogP) is 5.02. The van der Waals surface area contributed by atoms with E-state index in [4.69, 9.17) is 20.6 Å². The van der Waals surface area contributed by atoms with E-state index in [2.05, 4.69) is 10.3 Å². The molecule has 1 aliphatic rings. The van der Waals surface area contributed by atoms with E-state index in [-0.39, 0.29) is 33.8 Å². The number of aromatic nitrogens is 2. The third kappa shape index (κ3) is 2.90. The summed E-state index contributed by atoms with van der Waals surface area (Å²) in [6, 6.07) is 4.18. The first kappa shape index (κ1) is 18.7. The first-order valence-electron chi connectivity index (χ1n) is 9.04. The molecule has 8 heteroatoms. The average Bonchev–Trinajstić information content (AvgIpc) is 3.34. The van der Waals surface area contributed by atoms with Crippen LogP contribution in [0.4, 0.5) is 4.39 Å². The number of rotatable bonds is 3. The van der Waals surface area contributed by atoms with Crippen molar-refractivity contribution in [2.24, 2.45) is 0 Å². The summed E-state index contributed by atoms with van der Waals surface area (Å²) in [6.45, 7) is 5.91. The first-order chi connectivity index (χ1) is 13.4. The molecule has 1 saturated heterocycles. The van der Waals surface area contributed by atoms with Crippen LogP contribution in [-0.2, 0) is 0 Å². The molecule has 0 spiro atoms. The van der Waals surface area contributed by atoms with Gasteiger partial charge in [0.25, 0.3) is 5.91 Å². The van der Waals surface area contributed by atoms with Gasteiger partial charge in [-0.1, -0.05) is 28.0 Å². The second-order valence-corrected chi connectivity index (χ2v) is 7.36. The quantitative estimate of drug-likeness (QED) is 0.613. The van der Waals surface area contributed by atoms with Gasteiger partial charge < -0.3 is 13.9 Å². The number of nitrogens with zero attached hydrogens (tertiary/aromatic N) is 3. The first-order valence-corrected chi connectivity index (χ1v) is 9.42. The molecule has 1 aliphatic heterocycles. The fourth-order valence-corrected chi connectivity index (χ4v) is 4.19. The summed E-state index contributed by atoms with van der Waals surface area (Å²) in [6.07, 6.45) is 1.65. The number of amides is 1. The molecule has 3 heterocycles. The van der Waals surface area contributed by atoms with Gasteiger partial charge in [0, 0.05) is 12.1 Å². The summed E-state index contributed by atoms with van der Waals surface area (Å²) in [4.78, 5) is 15.2. The van der Waals surface area contributed by atoms with Gasteiger partial charge in [-0.3, -0.25) is 4.79 Å². The molecule has 0 bridgehead atoms. The normalized spacial score (nSPS) is 16.8. The van der Waals surface area contributed by atoms with Crippen molar-refractivity contribution >= 4 is 17.5 Å². The Balaban J connectivity index is 1.78. The molecule has 1 fully saturated rings. The lowest BCUT2D eigenvalue weighted by Gasteiger charge is -2.25. The van der Waals surface area contributed by atoms with Gasteiger partial charge >= 0.3 is 0 Å². The Labute approximate surface area is 166 Å². The predicted molar refractivity (Wildman–Crippen MR) is 101 cm³/mol. The molecule has 0 N–H and O–H groups in total. The minimum atomic E-state index is -0.557. The number of aryl methyl sites for hydroxylation is 3. The maximum atomic E-state index is 14.5. The van der Waals surface area contributed by atoms with Crippen molar-refractivity contribution in [1.29, 1.82) is 0 Å². The summed E-state index contributed by atoms with van der Waals surface area (Å²) in [5, 5.41) is 8.13. The Bertz CT molecular complexity index is 1020. The van der Waals surface area contributed by atoms with Crippen molar-refractivity contribution in [2.75, 3.05) is 6.54 Å². The summed E-state index contributed by atoms with van der Waals surface area (Å²) >= 11 is 6.19. The number of hydrogen-bond acceptors (Lipinski definition) is 5. The van der Waals surface area contributed by atoms with Crippen LogP contribution in [0.25, 0.3) is 11.3 Å². The Kier molecular flexibility index (Phi) is 4.71. The largest absolute Gasteiger partial charge is 0.361 e. The fourth-order valence-electron chi connectivity index (χ4n) is 3.94. The number of benzene rings is 1. The van der Waals surface area contributed by atoms with Gasteiger partial charge in [-0.05, 0) is 45.7 Å². The van der Waals surface area contributed by atoms with Crippen molar-refractivity contribution < 1.29 is 18.2 Å². The van der Waals surface area contributed by atoms with Gasteiger partial charge in [-0.25, -0.2) is 4.39 Å². The van der Waals surface area contributed by atoms with Gasteiger partial charge in [-0.15, -0.1) is 0 Å². The van der Waals surface area contributed by atoms with E-state index >= 15 is 0 Å². The monoisotopic (exact) mass is 403 g/mol. The zero-order valence-electron chi connectivity index (χ0n) is 15.8. The molecule has 146 valence electrons. The molecule has 1 amide bonds. The summed E-state index contributed by atoms with van der Waals surface area (Å²) in [7, 11) is 0. The summed E-state index contributed by atoms with van der Waals surface area (Å²) in [5.41, 5.74) is 2.10. The Morgan fingerprint density at radius 2 is 1.96 bits per heavy atom. The Morgan fingerprint density at radius 1 is 1.21 bits per heavy atom. The van der Waals surface area contributed by atoms with Crippen LogP contribution in [0.1, 0.15) is 52.0 Å². The van der Waals surface area contributed by atoms with Gasteiger partial charge in [0.05, 0.1) is 22.3 Å². The van der Waals surface area contributed by atoms with E-state index in [1.165, 1.54) is 12.1 Å². The molecular formula is C20H19ClFN3O3. The lowest BCUT2D eigenvalue weighted by atomic mass is 10.0. The minimum absolute atomic E-state index is 0.0671. The Hall–Kier alpha value is -2.67. The van der Waals surface area contributed by atoms with Crippen LogP contribution in [0, 0.1) is 26.6 Å². The van der Waals surface area contributed by atoms with E-state index in [9.17, 15) is 9.18 Å². The zero-order chi connectivity index (χ0) is 20.0. The maximum Gasteiger partial charge on any atom is 0.260 e. The maximum absolute atomic E-state index is 14.5. The number of carbonyl (C=O) groups excluding carboxylic acids is 1. The van der Waals surface area contributed by atoms with Crippen molar-refractivity contribution in [2.45, 2.75) is 39.7 Å². The molecule has 28 heavy (non-hydrogen) atoms. The van der Waals surface area contributed by atoms with Crippen molar-refractivity contribution in [3.8, 4) is 11.3 Å². The fraction of sp³-hybridized carbons (Fsp3) is 0.350. The van der Waals surface area contributed by atoms with Gasteiger partial charge in [0.1, 0.15) is 28.6 Å². The molecule has 0 radical (unpaired) electrons. The second kappa shape index (κ2) is 7.05. The lowest BCUT2D eigenvalue weighted by molar-refractivity contribution is 0.0733. The standard InChI is InChI=1S/C20H19ClFN3O3/c1-10-16(11(2)27-23-10)15-8-5-9-25(15)20(26)17-12(3)28-24-19(17)18-13(21)6-4-7-14(18)22/h4,6-7,15H,5,8-9H2,1-3H3. The highest BCUT2D eigenvalue weighted by atomic mass is 35.5. The van der Waals surface area contributed by atoms with Crippen molar-refractivity contribution in [1.82, 2.24) is 15.2 Å². The van der Waals surface area contributed by atoms with E-state index in [0.717, 1.165) is 24.1 Å². The van der Waals surface area contributed by atoms with E-state index in [1.54, 1.807) is 17.9 Å². The van der Waals surface area contributed by atoms with E-state index in [0.29, 0.717) is 18.1 Å². The zero-order valence-corrected chi connectivity index (χ0v) is 16.5. The van der Waals surface area contributed by atoms with Crippen LogP contribution in [0.15, 0.2) is 27.2 Å². The van der Waals surface area contributed by atoms with E-state index in [1.807, 2.05) is 13.8 Å². The molecule has 1 unspecified atom stereocenters. The lowest BCUT2D eigenvalue weighted by Crippen LogP contribution is -2.31. The molecule has 0 aliphatic carbocycles. The molecule has 1 atom stereocenters. The van der Waals surface area contributed by atoms with Gasteiger partial charge in [0.2, 0.25) is 0 Å². The molecule has 6 nitrogen and oxygen atoms in total. The molecule has 0 saturated carbocycles. The number of halogens is 2. The molecule has 3 aromatic rings. The highest BCUT2D eigenvalue weighted by Crippen LogP contribution is 2.39. The third-order valence-corrected chi connectivity index (χ3v) is 5.53. The van der Waals surface area contributed by atoms with Gasteiger partial charge in [-0.2, -0.15) is 0 Å². The third-order valence-electron chi connectivity index (χ3n) is 5.21. The molecule has 1 aromatic carbocycles. The molecular weight excluding hydrogens is 385 g/mol. The SMILES string of the molecule is Cc1noc(C)c1C1CCCN1C(=O)c1c(-c2c(F)cccc2Cl)noc1C. The second-order valence-electron chi connectivity index (χ2n) is 6.95. The average molecular weight is 404 g/mol. The highest BCUT2D eigenvalue weighted by molar-refractivity contribution is 6.33. The summed E-state index contributed by atoms with van der Waals surface area (Å²) < 4.78 is 25.0. The van der Waals surface area contributed by atoms with Crippen LogP contribution >= 0.6 is 11.6 Å². The van der Waals surface area contributed by atoms with Crippen LogP contribution in [0.5, 0.6) is 0 Å². The van der Waals surface area contributed by atoms with Crippen LogP contribution in [0.2, 0.25) is 5.02 Å². The highest BCUT2D eigenvalue weighted by Gasteiger charge is 2.37. The number of carbonyl (C=O) groups is 1. The van der Waals surface area contributed by atoms with Crippen LogP contribution in [-0.4, -0.2) is 27.7 Å². The Morgan fingerprint density at radius 3 is 2.64 bits per heavy atom. The molecule has 4 rings (SSSR count). The van der Waals surface area contributed by atoms with E-state index < -0.39 is 5.82 Å². The molecule has 2 aromatic heterocycles. The summed E-state index contributed by atoms with van der Waals surface area (Å²) in [5.74, 6) is 0.194. The minimum Gasteiger partial charge on any atom is -0.361 e. The van der Waals surface area contributed by atoms with Crippen LogP contribution < -0.4 is 0 Å². The van der Waals surface area contributed by atoms with Crippen LogP contribution in [0.3, 0.4) is 0 Å². The smallest absolute Gasteiger partial charge is 0.260 e. The van der Waals surface area contributed by atoms with Crippen molar-refractivity contribution in [3.05, 3.63) is 57.4 Å².